The highest BCUT2D eigenvalue weighted by atomic mass is 16.5. The molecular formula is C20H24N2O2. The molecule has 0 aromatic heterocycles. The van der Waals surface area contributed by atoms with Gasteiger partial charge in [0.15, 0.2) is 0 Å². The van der Waals surface area contributed by atoms with Crippen LogP contribution in [-0.4, -0.2) is 30.5 Å². The second-order valence-corrected chi connectivity index (χ2v) is 6.09. The Hall–Kier alpha value is -2.33. The summed E-state index contributed by atoms with van der Waals surface area (Å²) in [5, 5.41) is 2.92. The van der Waals surface area contributed by atoms with Crippen molar-refractivity contribution in [1.82, 2.24) is 4.90 Å². The number of ether oxygens (including phenoxy) is 1. The Morgan fingerprint density at radius 2 is 1.71 bits per heavy atom. The first-order chi connectivity index (χ1) is 11.7. The third kappa shape index (κ3) is 4.36. The Bertz CT molecular complexity index is 659. The van der Waals surface area contributed by atoms with Gasteiger partial charge in [0.2, 0.25) is 0 Å². The third-order valence-electron chi connectivity index (χ3n) is 4.24. The van der Waals surface area contributed by atoms with Gasteiger partial charge in [0.25, 0.3) is 5.91 Å². The molecule has 1 heterocycles. The van der Waals surface area contributed by atoms with E-state index in [-0.39, 0.29) is 5.91 Å². The van der Waals surface area contributed by atoms with E-state index in [4.69, 9.17) is 4.74 Å². The van der Waals surface area contributed by atoms with Crippen molar-refractivity contribution >= 4 is 11.6 Å². The Morgan fingerprint density at radius 1 is 1.04 bits per heavy atom. The summed E-state index contributed by atoms with van der Waals surface area (Å²) in [7, 11) is 0. The smallest absolute Gasteiger partial charge is 0.255 e. The van der Waals surface area contributed by atoms with Crippen LogP contribution in [-0.2, 0) is 6.54 Å². The van der Waals surface area contributed by atoms with Gasteiger partial charge in [-0.25, -0.2) is 0 Å². The van der Waals surface area contributed by atoms with E-state index in [1.54, 1.807) is 0 Å². The molecule has 0 saturated carbocycles. The van der Waals surface area contributed by atoms with E-state index >= 15 is 0 Å². The monoisotopic (exact) mass is 324 g/mol. The molecule has 2 aromatic rings. The van der Waals surface area contributed by atoms with Crippen molar-refractivity contribution in [1.29, 1.82) is 0 Å². The van der Waals surface area contributed by atoms with E-state index < -0.39 is 0 Å². The zero-order valence-corrected chi connectivity index (χ0v) is 14.1. The maximum Gasteiger partial charge on any atom is 0.255 e. The number of anilines is 1. The minimum atomic E-state index is -0.0908. The van der Waals surface area contributed by atoms with Gasteiger partial charge in [-0.15, -0.1) is 0 Å². The van der Waals surface area contributed by atoms with E-state index in [0.717, 1.165) is 18.0 Å². The molecule has 2 aromatic carbocycles. The maximum absolute atomic E-state index is 12.3. The molecule has 126 valence electrons. The van der Waals surface area contributed by atoms with E-state index in [0.29, 0.717) is 12.2 Å². The Morgan fingerprint density at radius 3 is 2.33 bits per heavy atom. The van der Waals surface area contributed by atoms with E-state index in [1.165, 1.54) is 31.5 Å². The first-order valence-electron chi connectivity index (χ1n) is 8.60. The second kappa shape index (κ2) is 7.97. The fourth-order valence-electron chi connectivity index (χ4n) is 2.96. The number of nitrogens with one attached hydrogen (secondary N) is 1. The summed E-state index contributed by atoms with van der Waals surface area (Å²) in [4.78, 5) is 14.8. The number of hydrogen-bond acceptors (Lipinski definition) is 3. The lowest BCUT2D eigenvalue weighted by Crippen LogP contribution is -2.18. The van der Waals surface area contributed by atoms with E-state index in [9.17, 15) is 4.79 Å². The molecule has 4 nitrogen and oxygen atoms in total. The molecule has 0 atom stereocenters. The number of carbonyl (C=O) groups excluding carboxylic acids is 1. The van der Waals surface area contributed by atoms with Gasteiger partial charge >= 0.3 is 0 Å². The van der Waals surface area contributed by atoms with Crippen molar-refractivity contribution in [3.63, 3.8) is 0 Å². The molecule has 0 spiro atoms. The van der Waals surface area contributed by atoms with Crippen molar-refractivity contribution in [2.75, 3.05) is 25.0 Å². The van der Waals surface area contributed by atoms with E-state index in [1.807, 2.05) is 55.5 Å². The van der Waals surface area contributed by atoms with Gasteiger partial charge in [-0.2, -0.15) is 0 Å². The standard InChI is InChI=1S/C20H24N2O2/c1-2-24-19-11-9-18(10-12-19)21-20(23)17-7-5-16(6-8-17)15-22-13-3-4-14-22/h5-12H,2-4,13-15H2,1H3,(H,21,23). The van der Waals surface area contributed by atoms with Crippen molar-refractivity contribution in [3.8, 4) is 5.75 Å². The summed E-state index contributed by atoms with van der Waals surface area (Å²) in [6.45, 7) is 5.92. The van der Waals surface area contributed by atoms with Gasteiger partial charge in [-0.05, 0) is 74.8 Å². The van der Waals surface area contributed by atoms with Crippen LogP contribution in [0.25, 0.3) is 0 Å². The highest BCUT2D eigenvalue weighted by Crippen LogP contribution is 2.17. The van der Waals surface area contributed by atoms with Crippen LogP contribution in [0.15, 0.2) is 48.5 Å². The molecule has 0 aliphatic carbocycles. The molecule has 1 fully saturated rings. The van der Waals surface area contributed by atoms with Gasteiger partial charge < -0.3 is 10.1 Å². The first-order valence-corrected chi connectivity index (χ1v) is 8.60. The van der Waals surface area contributed by atoms with Gasteiger partial charge in [0, 0.05) is 17.8 Å². The Balaban J connectivity index is 1.57. The number of carbonyl (C=O) groups is 1. The van der Waals surface area contributed by atoms with Crippen LogP contribution in [0.4, 0.5) is 5.69 Å². The third-order valence-corrected chi connectivity index (χ3v) is 4.24. The maximum atomic E-state index is 12.3. The van der Waals surface area contributed by atoms with Crippen LogP contribution in [0.1, 0.15) is 35.7 Å². The van der Waals surface area contributed by atoms with Crippen LogP contribution in [0, 0.1) is 0 Å². The summed E-state index contributed by atoms with van der Waals surface area (Å²) < 4.78 is 5.40. The van der Waals surface area contributed by atoms with Crippen LogP contribution < -0.4 is 10.1 Å². The zero-order valence-electron chi connectivity index (χ0n) is 14.1. The molecular weight excluding hydrogens is 300 g/mol. The average Bonchev–Trinajstić information content (AvgIpc) is 3.10. The van der Waals surface area contributed by atoms with Crippen LogP contribution in [0.3, 0.4) is 0 Å². The summed E-state index contributed by atoms with van der Waals surface area (Å²) in [5.41, 5.74) is 2.70. The molecule has 1 N–H and O–H groups in total. The summed E-state index contributed by atoms with van der Waals surface area (Å²) in [6.07, 6.45) is 2.59. The molecule has 0 radical (unpaired) electrons. The van der Waals surface area contributed by atoms with Crippen LogP contribution in [0.2, 0.25) is 0 Å². The van der Waals surface area contributed by atoms with Crippen molar-refractivity contribution in [2.24, 2.45) is 0 Å². The number of hydrogen-bond donors (Lipinski definition) is 1. The van der Waals surface area contributed by atoms with Gasteiger partial charge in [-0.1, -0.05) is 12.1 Å². The predicted molar refractivity (Wildman–Crippen MR) is 96.5 cm³/mol. The summed E-state index contributed by atoms with van der Waals surface area (Å²) >= 11 is 0. The molecule has 24 heavy (non-hydrogen) atoms. The molecule has 1 aliphatic rings. The summed E-state index contributed by atoms with van der Waals surface area (Å²) in [6, 6.07) is 15.3. The SMILES string of the molecule is CCOc1ccc(NC(=O)c2ccc(CN3CCCC3)cc2)cc1. The number of rotatable bonds is 6. The molecule has 3 rings (SSSR count). The number of benzene rings is 2. The largest absolute Gasteiger partial charge is 0.494 e. The zero-order chi connectivity index (χ0) is 16.8. The molecule has 1 amide bonds. The Kier molecular flexibility index (Phi) is 5.49. The molecule has 1 saturated heterocycles. The minimum absolute atomic E-state index is 0.0908. The van der Waals surface area contributed by atoms with Crippen molar-refractivity contribution in [2.45, 2.75) is 26.3 Å². The number of nitrogens with zero attached hydrogens (tertiary/aromatic N) is 1. The average molecular weight is 324 g/mol. The van der Waals surface area contributed by atoms with E-state index in [2.05, 4.69) is 10.2 Å². The molecule has 0 bridgehead atoms. The number of likely N-dealkylation sites (tertiary alicyclic amines) is 1. The molecule has 1 aliphatic heterocycles. The van der Waals surface area contributed by atoms with Gasteiger partial charge in [-0.3, -0.25) is 9.69 Å². The predicted octanol–water partition coefficient (Wildman–Crippen LogP) is 3.93. The van der Waals surface area contributed by atoms with Crippen molar-refractivity contribution in [3.05, 3.63) is 59.7 Å². The Labute approximate surface area is 143 Å². The first kappa shape index (κ1) is 16.5. The molecule has 0 unspecified atom stereocenters. The van der Waals surface area contributed by atoms with Crippen LogP contribution >= 0.6 is 0 Å². The van der Waals surface area contributed by atoms with Crippen LogP contribution in [0.5, 0.6) is 5.75 Å². The second-order valence-electron chi connectivity index (χ2n) is 6.09. The fraction of sp³-hybridized carbons (Fsp3) is 0.350. The van der Waals surface area contributed by atoms with Gasteiger partial charge in [0.1, 0.15) is 5.75 Å². The summed E-state index contributed by atoms with van der Waals surface area (Å²) in [5.74, 6) is 0.716. The highest BCUT2D eigenvalue weighted by Gasteiger charge is 2.12. The quantitative estimate of drug-likeness (QED) is 0.875. The minimum Gasteiger partial charge on any atom is -0.494 e. The van der Waals surface area contributed by atoms with Crippen molar-refractivity contribution < 1.29 is 9.53 Å². The lowest BCUT2D eigenvalue weighted by atomic mass is 10.1. The number of amides is 1. The van der Waals surface area contributed by atoms with Gasteiger partial charge in [0.05, 0.1) is 6.61 Å². The fourth-order valence-corrected chi connectivity index (χ4v) is 2.96. The lowest BCUT2D eigenvalue weighted by Gasteiger charge is -2.14. The lowest BCUT2D eigenvalue weighted by molar-refractivity contribution is 0.102. The highest BCUT2D eigenvalue weighted by molar-refractivity contribution is 6.04. The normalized spacial score (nSPS) is 14.5. The molecule has 4 heteroatoms. The topological polar surface area (TPSA) is 41.6 Å².